The number of rotatable bonds is 7. The third-order valence-corrected chi connectivity index (χ3v) is 5.34. The van der Waals surface area contributed by atoms with E-state index in [1.54, 1.807) is 0 Å². The maximum absolute atomic E-state index is 3.82. The first-order chi connectivity index (χ1) is 8.38. The zero-order valence-electron chi connectivity index (χ0n) is 10.7. The second kappa shape index (κ2) is 5.11. The van der Waals surface area contributed by atoms with Crippen molar-refractivity contribution < 1.29 is 0 Å². The van der Waals surface area contributed by atoms with E-state index in [0.717, 1.165) is 17.8 Å². The van der Waals surface area contributed by atoms with E-state index < -0.39 is 0 Å². The topological polar surface area (TPSA) is 12.0 Å². The van der Waals surface area contributed by atoms with E-state index in [4.69, 9.17) is 0 Å². The summed E-state index contributed by atoms with van der Waals surface area (Å²) >= 11 is 1.89. The summed E-state index contributed by atoms with van der Waals surface area (Å²) in [7, 11) is 0. The summed E-state index contributed by atoms with van der Waals surface area (Å²) in [6.45, 7) is 3.55. The van der Waals surface area contributed by atoms with Gasteiger partial charge in [-0.25, -0.2) is 0 Å². The fourth-order valence-electron chi connectivity index (χ4n) is 2.98. The molecule has 2 saturated carbocycles. The molecule has 0 aliphatic heterocycles. The molecule has 0 spiro atoms. The lowest BCUT2D eigenvalue weighted by molar-refractivity contribution is 0.354. The van der Waals surface area contributed by atoms with Crippen LogP contribution in [0.2, 0.25) is 0 Å². The Balaban J connectivity index is 1.54. The minimum Gasteiger partial charge on any atom is -0.309 e. The quantitative estimate of drug-likeness (QED) is 0.762. The fraction of sp³-hybridized carbons (Fsp3) is 0.733. The summed E-state index contributed by atoms with van der Waals surface area (Å²) in [5.74, 6) is 3.12. The largest absolute Gasteiger partial charge is 0.309 e. The molecule has 1 N–H and O–H groups in total. The SMILES string of the molecule is CCC(NCC(C1CC1)C1CC1)c1cccs1. The minimum atomic E-state index is 0.593. The molecule has 2 aliphatic rings. The highest BCUT2D eigenvalue weighted by molar-refractivity contribution is 7.10. The van der Waals surface area contributed by atoms with Gasteiger partial charge >= 0.3 is 0 Å². The Hall–Kier alpha value is -0.340. The van der Waals surface area contributed by atoms with E-state index in [9.17, 15) is 0 Å². The normalized spacial score (nSPS) is 22.0. The molecular formula is C15H23NS. The standard InChI is InChI=1S/C15H23NS/c1-2-14(15-4-3-9-17-15)16-10-13(11-5-6-11)12-7-8-12/h3-4,9,11-14,16H,2,5-8,10H2,1H3. The van der Waals surface area contributed by atoms with Crippen LogP contribution in [0.5, 0.6) is 0 Å². The van der Waals surface area contributed by atoms with Crippen molar-refractivity contribution in [2.75, 3.05) is 6.54 Å². The van der Waals surface area contributed by atoms with Crippen LogP contribution in [0, 0.1) is 17.8 Å². The lowest BCUT2D eigenvalue weighted by Crippen LogP contribution is -2.28. The summed E-state index contributed by atoms with van der Waals surface area (Å²) in [5, 5.41) is 6.02. The van der Waals surface area contributed by atoms with Gasteiger partial charge in [-0.05, 0) is 67.8 Å². The lowest BCUT2D eigenvalue weighted by Gasteiger charge is -2.21. The van der Waals surface area contributed by atoms with Gasteiger partial charge in [0.05, 0.1) is 0 Å². The van der Waals surface area contributed by atoms with E-state index in [2.05, 4.69) is 29.8 Å². The van der Waals surface area contributed by atoms with Crippen LogP contribution in [0.1, 0.15) is 49.9 Å². The molecular weight excluding hydrogens is 226 g/mol. The average Bonchev–Trinajstić information content (AvgIpc) is 3.27. The Labute approximate surface area is 109 Å². The predicted molar refractivity (Wildman–Crippen MR) is 74.3 cm³/mol. The molecule has 1 aromatic rings. The van der Waals surface area contributed by atoms with Gasteiger partial charge in [0.25, 0.3) is 0 Å². The highest BCUT2D eigenvalue weighted by Crippen LogP contribution is 2.49. The van der Waals surface area contributed by atoms with Gasteiger partial charge in [-0.2, -0.15) is 0 Å². The Kier molecular flexibility index (Phi) is 3.53. The Bertz CT molecular complexity index is 326. The first-order valence-electron chi connectivity index (χ1n) is 7.15. The molecule has 1 nitrogen and oxygen atoms in total. The van der Waals surface area contributed by atoms with Crippen LogP contribution >= 0.6 is 11.3 Å². The molecule has 2 aliphatic carbocycles. The molecule has 0 aromatic carbocycles. The van der Waals surface area contributed by atoms with Crippen molar-refractivity contribution >= 4 is 11.3 Å². The van der Waals surface area contributed by atoms with Gasteiger partial charge in [-0.3, -0.25) is 0 Å². The predicted octanol–water partition coefficient (Wildman–Crippen LogP) is 4.23. The molecule has 3 rings (SSSR count). The molecule has 1 unspecified atom stereocenters. The second-order valence-corrected chi connectivity index (χ2v) is 6.70. The van der Waals surface area contributed by atoms with Crippen LogP contribution in [0.15, 0.2) is 17.5 Å². The van der Waals surface area contributed by atoms with Crippen LogP contribution in [-0.4, -0.2) is 6.54 Å². The molecule has 0 amide bonds. The first-order valence-corrected chi connectivity index (χ1v) is 8.03. The van der Waals surface area contributed by atoms with E-state index in [1.165, 1.54) is 43.5 Å². The number of thiophene rings is 1. The van der Waals surface area contributed by atoms with Crippen molar-refractivity contribution in [3.8, 4) is 0 Å². The van der Waals surface area contributed by atoms with E-state index >= 15 is 0 Å². The average molecular weight is 249 g/mol. The summed E-state index contributed by atoms with van der Waals surface area (Å²) < 4.78 is 0. The second-order valence-electron chi connectivity index (χ2n) is 5.72. The Morgan fingerprint density at radius 1 is 1.29 bits per heavy atom. The minimum absolute atomic E-state index is 0.593. The third kappa shape index (κ3) is 2.92. The molecule has 1 aromatic heterocycles. The molecule has 17 heavy (non-hydrogen) atoms. The van der Waals surface area contributed by atoms with Crippen LogP contribution in [0.25, 0.3) is 0 Å². The highest BCUT2D eigenvalue weighted by atomic mass is 32.1. The summed E-state index contributed by atoms with van der Waals surface area (Å²) in [4.78, 5) is 1.51. The molecule has 94 valence electrons. The van der Waals surface area contributed by atoms with Crippen molar-refractivity contribution in [1.82, 2.24) is 5.32 Å². The molecule has 2 fully saturated rings. The number of hydrogen-bond donors (Lipinski definition) is 1. The maximum atomic E-state index is 3.82. The molecule has 0 radical (unpaired) electrons. The van der Waals surface area contributed by atoms with Crippen LogP contribution in [0.4, 0.5) is 0 Å². The smallest absolute Gasteiger partial charge is 0.0412 e. The van der Waals surface area contributed by atoms with Crippen LogP contribution in [0.3, 0.4) is 0 Å². The van der Waals surface area contributed by atoms with Crippen molar-refractivity contribution in [3.05, 3.63) is 22.4 Å². The lowest BCUT2D eigenvalue weighted by atomic mass is 9.97. The van der Waals surface area contributed by atoms with Crippen molar-refractivity contribution in [1.29, 1.82) is 0 Å². The highest BCUT2D eigenvalue weighted by Gasteiger charge is 2.41. The van der Waals surface area contributed by atoms with E-state index in [1.807, 2.05) is 11.3 Å². The summed E-state index contributed by atoms with van der Waals surface area (Å²) in [5.41, 5.74) is 0. The molecule has 0 saturated heterocycles. The third-order valence-electron chi connectivity index (χ3n) is 4.35. The molecule has 2 heteroatoms. The number of hydrogen-bond acceptors (Lipinski definition) is 2. The zero-order chi connectivity index (χ0) is 11.7. The zero-order valence-corrected chi connectivity index (χ0v) is 11.5. The summed E-state index contributed by atoms with van der Waals surface area (Å²) in [6.07, 6.45) is 7.21. The monoisotopic (exact) mass is 249 g/mol. The maximum Gasteiger partial charge on any atom is 0.0412 e. The van der Waals surface area contributed by atoms with E-state index in [-0.39, 0.29) is 0 Å². The fourth-order valence-corrected chi connectivity index (χ4v) is 3.87. The van der Waals surface area contributed by atoms with Crippen LogP contribution in [-0.2, 0) is 0 Å². The van der Waals surface area contributed by atoms with Gasteiger partial charge in [-0.1, -0.05) is 13.0 Å². The molecule has 1 heterocycles. The van der Waals surface area contributed by atoms with Gasteiger partial charge in [0.15, 0.2) is 0 Å². The molecule has 0 bridgehead atoms. The van der Waals surface area contributed by atoms with Gasteiger partial charge in [0.2, 0.25) is 0 Å². The van der Waals surface area contributed by atoms with Crippen molar-refractivity contribution in [2.24, 2.45) is 17.8 Å². The van der Waals surface area contributed by atoms with Gasteiger partial charge in [-0.15, -0.1) is 11.3 Å². The number of nitrogens with one attached hydrogen (secondary N) is 1. The van der Waals surface area contributed by atoms with E-state index in [0.29, 0.717) is 6.04 Å². The summed E-state index contributed by atoms with van der Waals surface area (Å²) in [6, 6.07) is 5.04. The Morgan fingerprint density at radius 3 is 2.47 bits per heavy atom. The Morgan fingerprint density at radius 2 is 2.00 bits per heavy atom. The molecule has 1 atom stereocenters. The van der Waals surface area contributed by atoms with Gasteiger partial charge < -0.3 is 5.32 Å². The van der Waals surface area contributed by atoms with Crippen LogP contribution < -0.4 is 5.32 Å². The van der Waals surface area contributed by atoms with Gasteiger partial charge in [0, 0.05) is 10.9 Å². The van der Waals surface area contributed by atoms with Crippen molar-refractivity contribution in [3.63, 3.8) is 0 Å². The van der Waals surface area contributed by atoms with Crippen molar-refractivity contribution in [2.45, 2.75) is 45.1 Å². The van der Waals surface area contributed by atoms with Gasteiger partial charge in [0.1, 0.15) is 0 Å². The first kappa shape index (κ1) is 11.7.